The SMILES string of the molecule is Cc1cc(-c2ccc(NC(=O)CCC(=O)CCN3C(=O)C=CC3=O)c(C)c2)ccc1N=Nc1ccc2c(S(=O)(=O)O)cc(S(C)(=O)=O)c(N)c2c1O. The van der Waals surface area contributed by atoms with Crippen molar-refractivity contribution in [1.29, 1.82) is 0 Å². The summed E-state index contributed by atoms with van der Waals surface area (Å²) in [6, 6.07) is 14.0. The van der Waals surface area contributed by atoms with Gasteiger partial charge in [0.2, 0.25) is 5.91 Å². The minimum atomic E-state index is -4.90. The van der Waals surface area contributed by atoms with E-state index < -0.39 is 53.0 Å². The normalized spacial score (nSPS) is 13.4. The fourth-order valence-electron chi connectivity index (χ4n) is 5.57. The summed E-state index contributed by atoms with van der Waals surface area (Å²) in [6.45, 7) is 3.57. The lowest BCUT2D eigenvalue weighted by Crippen LogP contribution is -2.32. The molecule has 5 N–H and O–H groups in total. The number of Topliss-reactive ketones (excluding diaryl/α,β-unsaturated/α-hetero) is 1. The Morgan fingerprint density at radius 2 is 1.40 bits per heavy atom. The maximum Gasteiger partial charge on any atom is 0.295 e. The zero-order valence-electron chi connectivity index (χ0n) is 28.1. The third-order valence-electron chi connectivity index (χ3n) is 8.34. The number of phenolic OH excluding ortho intramolecular Hbond substituents is 1. The number of aryl methyl sites for hydroxylation is 2. The Balaban J connectivity index is 1.28. The number of nitrogens with zero attached hydrogens (tertiary/aromatic N) is 3. The molecule has 1 heterocycles. The zero-order chi connectivity index (χ0) is 38.1. The predicted molar refractivity (Wildman–Crippen MR) is 192 cm³/mol. The number of rotatable bonds is 12. The van der Waals surface area contributed by atoms with Crippen LogP contribution < -0.4 is 11.1 Å². The second-order valence-electron chi connectivity index (χ2n) is 12.1. The van der Waals surface area contributed by atoms with E-state index in [4.69, 9.17) is 5.73 Å². The summed E-state index contributed by atoms with van der Waals surface area (Å²) < 4.78 is 58.5. The number of nitrogen functional groups attached to an aromatic ring is 1. The average molecular weight is 748 g/mol. The molecule has 4 aromatic rings. The van der Waals surface area contributed by atoms with Crippen LogP contribution in [0.25, 0.3) is 21.9 Å². The van der Waals surface area contributed by atoms with Gasteiger partial charge in [-0.05, 0) is 72.5 Å². The molecule has 0 aromatic heterocycles. The average Bonchev–Trinajstić information content (AvgIpc) is 3.38. The van der Waals surface area contributed by atoms with Gasteiger partial charge in [-0.25, -0.2) is 8.42 Å². The number of carbonyl (C=O) groups excluding carboxylic acids is 4. The second kappa shape index (κ2) is 14.5. The number of phenols is 1. The van der Waals surface area contributed by atoms with Crippen molar-refractivity contribution in [2.24, 2.45) is 10.2 Å². The third-order valence-corrected chi connectivity index (χ3v) is 10.4. The van der Waals surface area contributed by atoms with Gasteiger partial charge in [0.05, 0.1) is 21.7 Å². The lowest BCUT2D eigenvalue weighted by atomic mass is 10.00. The highest BCUT2D eigenvalue weighted by atomic mass is 32.2. The summed E-state index contributed by atoms with van der Waals surface area (Å²) in [5, 5.41) is 21.6. The van der Waals surface area contributed by atoms with Gasteiger partial charge in [-0.1, -0.05) is 18.2 Å². The molecule has 0 fully saturated rings. The molecule has 0 aliphatic carbocycles. The highest BCUT2D eigenvalue weighted by Crippen LogP contribution is 2.44. The maximum atomic E-state index is 12.6. The van der Waals surface area contributed by atoms with E-state index in [9.17, 15) is 45.7 Å². The van der Waals surface area contributed by atoms with Crippen molar-refractivity contribution >= 4 is 77.0 Å². The number of ketones is 1. The van der Waals surface area contributed by atoms with Crippen molar-refractivity contribution in [2.75, 3.05) is 23.9 Å². The molecule has 17 heteroatoms. The van der Waals surface area contributed by atoms with Crippen molar-refractivity contribution < 1.29 is 45.7 Å². The number of nitrogens with one attached hydrogen (secondary N) is 1. The molecule has 3 amide bonds. The van der Waals surface area contributed by atoms with Crippen LogP contribution in [0.5, 0.6) is 5.75 Å². The summed E-state index contributed by atoms with van der Waals surface area (Å²) in [7, 11) is -8.97. The van der Waals surface area contributed by atoms with Gasteiger partial charge in [0.1, 0.15) is 16.4 Å². The molecule has 270 valence electrons. The van der Waals surface area contributed by atoms with Crippen molar-refractivity contribution in [1.82, 2.24) is 4.90 Å². The van der Waals surface area contributed by atoms with Crippen molar-refractivity contribution in [3.8, 4) is 16.9 Å². The highest BCUT2D eigenvalue weighted by Gasteiger charge is 2.26. The Morgan fingerprint density at radius 3 is 2.00 bits per heavy atom. The van der Waals surface area contributed by atoms with Crippen molar-refractivity contribution in [2.45, 2.75) is 42.9 Å². The van der Waals surface area contributed by atoms with Gasteiger partial charge >= 0.3 is 0 Å². The van der Waals surface area contributed by atoms with E-state index in [1.807, 2.05) is 25.1 Å². The summed E-state index contributed by atoms with van der Waals surface area (Å²) in [4.78, 5) is 47.7. The van der Waals surface area contributed by atoms with E-state index in [2.05, 4.69) is 15.5 Å². The van der Waals surface area contributed by atoms with Gasteiger partial charge in [-0.3, -0.25) is 28.6 Å². The minimum absolute atomic E-state index is 0.0308. The summed E-state index contributed by atoms with van der Waals surface area (Å²) in [5.41, 5.74) is 9.59. The number of imide groups is 1. The lowest BCUT2D eigenvalue weighted by molar-refractivity contribution is -0.137. The van der Waals surface area contributed by atoms with Crippen LogP contribution in [-0.4, -0.2) is 67.7 Å². The molecule has 0 bridgehead atoms. The Hall–Kier alpha value is -5.78. The molecule has 0 radical (unpaired) electrons. The summed E-state index contributed by atoms with van der Waals surface area (Å²) in [6.07, 6.45) is 2.97. The van der Waals surface area contributed by atoms with E-state index >= 15 is 0 Å². The number of fused-ring (bicyclic) bond motifs is 1. The van der Waals surface area contributed by atoms with Crippen LogP contribution in [0.3, 0.4) is 0 Å². The van der Waals surface area contributed by atoms with E-state index in [0.29, 0.717) is 16.9 Å². The van der Waals surface area contributed by atoms with E-state index in [0.717, 1.165) is 46.1 Å². The summed E-state index contributed by atoms with van der Waals surface area (Å²) >= 11 is 0. The number of hydrogen-bond donors (Lipinski definition) is 4. The van der Waals surface area contributed by atoms with Gasteiger partial charge in [-0.15, -0.1) is 5.11 Å². The van der Waals surface area contributed by atoms with E-state index in [1.54, 1.807) is 25.1 Å². The second-order valence-corrected chi connectivity index (χ2v) is 15.5. The zero-order valence-corrected chi connectivity index (χ0v) is 29.7. The molecule has 0 unspecified atom stereocenters. The first-order valence-corrected chi connectivity index (χ1v) is 18.9. The Labute approximate surface area is 298 Å². The van der Waals surface area contributed by atoms with Gasteiger partial charge in [0.25, 0.3) is 21.9 Å². The smallest absolute Gasteiger partial charge is 0.295 e. The number of sulfone groups is 1. The standard InChI is InChI=1S/C35H33N5O10S2/c1-19-16-21(4-8-25(19)37-30(42)11-6-23(41)14-15-40-31(43)12-13-32(40)44)22-5-9-26(20(2)17-22)38-39-27-10-7-24-28(52(48,49)50)18-29(51(3,46)47)34(36)33(24)35(27)45/h4-5,7-10,12-13,16-18,45H,6,11,14-15,36H2,1-3H3,(H,37,42)(H,48,49,50). The molecular formula is C35H33N5O10S2. The predicted octanol–water partition coefficient (Wildman–Crippen LogP) is 5.08. The molecule has 0 spiro atoms. The van der Waals surface area contributed by atoms with Crippen LogP contribution in [0.1, 0.15) is 30.4 Å². The largest absolute Gasteiger partial charge is 0.505 e. The maximum absolute atomic E-state index is 12.6. The quantitative estimate of drug-likeness (QED) is 0.0644. The molecule has 1 aliphatic heterocycles. The van der Waals surface area contributed by atoms with Gasteiger partial charge < -0.3 is 16.2 Å². The number of anilines is 2. The van der Waals surface area contributed by atoms with Gasteiger partial charge in [-0.2, -0.15) is 13.5 Å². The highest BCUT2D eigenvalue weighted by molar-refractivity contribution is 7.91. The van der Waals surface area contributed by atoms with Crippen molar-refractivity contribution in [3.05, 3.63) is 77.9 Å². The number of aromatic hydroxyl groups is 1. The Morgan fingerprint density at radius 1 is 0.808 bits per heavy atom. The number of benzene rings is 4. The molecule has 0 saturated heterocycles. The number of amides is 3. The van der Waals surface area contributed by atoms with Crippen molar-refractivity contribution in [3.63, 3.8) is 0 Å². The fraction of sp³-hybridized carbons (Fsp3) is 0.200. The monoisotopic (exact) mass is 747 g/mol. The Bertz CT molecular complexity index is 2460. The number of hydrogen-bond acceptors (Lipinski definition) is 12. The first-order valence-electron chi connectivity index (χ1n) is 15.6. The molecule has 52 heavy (non-hydrogen) atoms. The van der Waals surface area contributed by atoms with Gasteiger partial charge in [0.15, 0.2) is 15.6 Å². The molecule has 5 rings (SSSR count). The molecule has 15 nitrogen and oxygen atoms in total. The molecule has 4 aromatic carbocycles. The molecule has 0 saturated carbocycles. The number of carbonyl (C=O) groups is 4. The summed E-state index contributed by atoms with van der Waals surface area (Å²) in [5.74, 6) is -2.17. The number of azo groups is 1. The number of nitrogens with two attached hydrogens (primary N) is 1. The molecular weight excluding hydrogens is 715 g/mol. The fourth-order valence-corrected chi connectivity index (χ4v) is 7.20. The minimum Gasteiger partial charge on any atom is -0.505 e. The molecule has 0 atom stereocenters. The van der Waals surface area contributed by atoms with Gasteiger partial charge in [0, 0.05) is 55.3 Å². The first kappa shape index (κ1) is 37.5. The van der Waals surface area contributed by atoms with Crippen LogP contribution >= 0.6 is 0 Å². The Kier molecular flexibility index (Phi) is 10.4. The van der Waals surface area contributed by atoms with Crippen LogP contribution in [0, 0.1) is 13.8 Å². The first-order chi connectivity index (χ1) is 24.3. The van der Waals surface area contributed by atoms with E-state index in [1.165, 1.54) is 12.1 Å². The van der Waals surface area contributed by atoms with Crippen LogP contribution in [0.15, 0.2) is 86.8 Å². The topological polar surface area (TPSA) is 243 Å². The van der Waals surface area contributed by atoms with Crippen LogP contribution in [0.4, 0.5) is 22.7 Å². The lowest BCUT2D eigenvalue weighted by Gasteiger charge is -2.13. The third kappa shape index (κ3) is 8.06. The van der Waals surface area contributed by atoms with Crippen LogP contribution in [-0.2, 0) is 39.1 Å². The molecule has 1 aliphatic rings. The van der Waals surface area contributed by atoms with E-state index in [-0.39, 0.29) is 54.0 Å². The van der Waals surface area contributed by atoms with Crippen LogP contribution in [0.2, 0.25) is 0 Å².